The number of nitrogens with one attached hydrogen (secondary N) is 4. The molecule has 1 aliphatic rings. The van der Waals surface area contributed by atoms with Crippen molar-refractivity contribution < 1.29 is 52.3 Å². The lowest BCUT2D eigenvalue weighted by molar-refractivity contribution is -0.674. The number of aromatic nitrogens is 7. The highest BCUT2D eigenvalue weighted by Gasteiger charge is 2.28. The summed E-state index contributed by atoms with van der Waals surface area (Å²) < 4.78 is 28.9. The van der Waals surface area contributed by atoms with E-state index in [0.717, 1.165) is 22.3 Å². The van der Waals surface area contributed by atoms with Gasteiger partial charge in [0.05, 0.1) is 55.2 Å². The molecule has 27 heteroatoms. The number of para-hydroxylation sites is 2. The summed E-state index contributed by atoms with van der Waals surface area (Å²) in [7, 11) is 0. The lowest BCUT2D eigenvalue weighted by Crippen LogP contribution is -2.38. The smallest absolute Gasteiger partial charge is 0.407 e. The van der Waals surface area contributed by atoms with Gasteiger partial charge in [0, 0.05) is 74.1 Å². The van der Waals surface area contributed by atoms with Gasteiger partial charge in [-0.25, -0.2) is 9.59 Å². The van der Waals surface area contributed by atoms with E-state index in [0.29, 0.717) is 100 Å². The Labute approximate surface area is 544 Å². The Hall–Kier alpha value is -8.35. The first-order valence-electron chi connectivity index (χ1n) is 29.2. The Bertz CT molecular complexity index is 3780. The first-order chi connectivity index (χ1) is 43.5. The van der Waals surface area contributed by atoms with Crippen LogP contribution in [0.2, 0.25) is 20.1 Å². The van der Waals surface area contributed by atoms with Crippen molar-refractivity contribution in [3.05, 3.63) is 175 Å². The number of thiazole rings is 1. The van der Waals surface area contributed by atoms with Gasteiger partial charge in [-0.3, -0.25) is 28.5 Å². The number of alkyl carbamates (subject to hydrolysis) is 2. The topological polar surface area (TPSA) is 256 Å². The fraction of sp³-hybridized carbons (Fsp3) is 0.349. The minimum atomic E-state index is -0.571. The number of amides is 4. The molecule has 0 bridgehead atoms. The van der Waals surface area contributed by atoms with Crippen molar-refractivity contribution in [3.63, 3.8) is 0 Å². The standard InChI is InChI=1S/C63H68Cl4N12O10S/c1-5-40(3)60(82)46-19-21-50(58(66)56(46)64)88-38-53(80)68-24-11-27-77-36-43(72-74-77)34-70-62(84)86-31-13-26-76-30-23-42(45-15-7-8-16-48(45)76)33-55-79(49-17-9-10-18-52(49)90-55)29-14-32-87-63(85)71-35-44-37-78(75-73-44)28-12-25-69-54(81)39-89-51-22-20-47(57(65)59(51)67)61(83)41(4)6-2/h7-10,15-23,30,36-37,42H,3-6,11-14,24-29,31-35,38-39H2,1-2H3,(H3-,68,69,70,71,80,81,84,85)/p+1. The van der Waals surface area contributed by atoms with Gasteiger partial charge in [0.15, 0.2) is 31.3 Å². The zero-order chi connectivity index (χ0) is 64.1. The second-order valence-electron chi connectivity index (χ2n) is 20.7. The van der Waals surface area contributed by atoms with E-state index in [2.05, 4.69) is 101 Å². The number of anilines is 1. The number of hydrogen-bond acceptors (Lipinski definition) is 16. The molecule has 4 N–H and O–H groups in total. The van der Waals surface area contributed by atoms with Gasteiger partial charge in [-0.1, -0.05) is 132 Å². The largest absolute Gasteiger partial charge is 0.482 e. The average molecular weight is 1330 g/mol. The molecule has 0 saturated carbocycles. The minimum absolute atomic E-state index is 0.0352. The highest BCUT2D eigenvalue weighted by molar-refractivity contribution is 7.18. The van der Waals surface area contributed by atoms with E-state index in [-0.39, 0.29) is 112 Å². The summed E-state index contributed by atoms with van der Waals surface area (Å²) in [5.74, 6) is -0.903. The molecule has 474 valence electrons. The molecule has 0 saturated heterocycles. The molecule has 90 heavy (non-hydrogen) atoms. The molecule has 4 heterocycles. The minimum Gasteiger partial charge on any atom is -0.482 e. The number of ether oxygens (including phenoxy) is 4. The van der Waals surface area contributed by atoms with Crippen LogP contribution in [0.15, 0.2) is 122 Å². The fourth-order valence-corrected chi connectivity index (χ4v) is 11.6. The van der Waals surface area contributed by atoms with Gasteiger partial charge >= 0.3 is 12.2 Å². The SMILES string of the molecule is C=C(CC)C(=O)c1ccc(OCC(=O)NCCCn2cc(CNC(=O)OCCCN3C=CC(Cc4sc5ccccc5[n+]4CCCOC(=O)NCc4cn(CCCNC(=O)COc5ccc(C(=O)C(=C)CC)c(Cl)c5Cl)nn4)c4ccccc43)nn2)c(Cl)c1Cl. The Balaban J connectivity index is 0.696. The maximum atomic E-state index is 12.8. The molecule has 4 aromatic carbocycles. The molecule has 1 atom stereocenters. The van der Waals surface area contributed by atoms with Crippen molar-refractivity contribution in [2.45, 2.75) is 97.4 Å². The fourth-order valence-electron chi connectivity index (χ4n) is 9.43. The van der Waals surface area contributed by atoms with Crippen molar-refractivity contribution in [2.24, 2.45) is 0 Å². The average Bonchev–Trinajstić information content (AvgIpc) is 1.75. The monoisotopic (exact) mass is 1330 g/mol. The molecule has 1 aliphatic heterocycles. The number of benzene rings is 4. The van der Waals surface area contributed by atoms with Crippen molar-refractivity contribution in [1.82, 2.24) is 51.3 Å². The number of rotatable bonds is 34. The van der Waals surface area contributed by atoms with Crippen molar-refractivity contribution >= 4 is 109 Å². The quantitative estimate of drug-likeness (QED) is 0.0127. The molecule has 8 rings (SSSR count). The Morgan fingerprint density at radius 2 is 1.14 bits per heavy atom. The number of hydrogen-bond donors (Lipinski definition) is 4. The van der Waals surface area contributed by atoms with Crippen LogP contribution in [0.5, 0.6) is 11.5 Å². The first kappa shape index (κ1) is 67.6. The Kier molecular flexibility index (Phi) is 25.1. The van der Waals surface area contributed by atoms with Crippen molar-refractivity contribution in [1.29, 1.82) is 0 Å². The van der Waals surface area contributed by atoms with Crippen molar-refractivity contribution in [2.75, 3.05) is 51.0 Å². The first-order valence-corrected chi connectivity index (χ1v) is 31.6. The molecule has 3 aromatic heterocycles. The van der Waals surface area contributed by atoms with Crippen LogP contribution in [0.3, 0.4) is 0 Å². The lowest BCUT2D eigenvalue weighted by atomic mass is 9.91. The van der Waals surface area contributed by atoms with Crippen LogP contribution in [0.1, 0.15) is 101 Å². The van der Waals surface area contributed by atoms with E-state index in [1.807, 2.05) is 38.1 Å². The second-order valence-corrected chi connectivity index (χ2v) is 23.3. The number of ketones is 2. The van der Waals surface area contributed by atoms with Gasteiger partial charge in [0.2, 0.25) is 10.5 Å². The molecule has 0 aliphatic carbocycles. The number of fused-ring (bicyclic) bond motifs is 2. The summed E-state index contributed by atoms with van der Waals surface area (Å²) in [5, 5.41) is 28.9. The molecule has 0 spiro atoms. The predicted molar refractivity (Wildman–Crippen MR) is 344 cm³/mol. The van der Waals surface area contributed by atoms with Gasteiger partial charge in [-0.15, -0.1) is 10.2 Å². The van der Waals surface area contributed by atoms with Gasteiger partial charge in [0.1, 0.15) is 37.6 Å². The molecular formula is C63H69Cl4N12O10S+. The molecule has 7 aromatic rings. The van der Waals surface area contributed by atoms with Crippen LogP contribution >= 0.6 is 57.7 Å². The van der Waals surface area contributed by atoms with Crippen LogP contribution in [0, 0.1) is 0 Å². The van der Waals surface area contributed by atoms with E-state index in [9.17, 15) is 28.8 Å². The maximum absolute atomic E-state index is 12.8. The van der Waals surface area contributed by atoms with Gasteiger partial charge in [0.25, 0.3) is 11.8 Å². The molecule has 4 amide bonds. The highest BCUT2D eigenvalue weighted by Crippen LogP contribution is 2.39. The summed E-state index contributed by atoms with van der Waals surface area (Å²) in [4.78, 5) is 77.6. The Morgan fingerprint density at radius 1 is 0.622 bits per heavy atom. The summed E-state index contributed by atoms with van der Waals surface area (Å²) in [6, 6.07) is 22.6. The normalized spacial score (nSPS) is 12.5. The van der Waals surface area contributed by atoms with Gasteiger partial charge in [-0.05, 0) is 85.2 Å². The summed E-state index contributed by atoms with van der Waals surface area (Å²) >= 11 is 27.0. The number of aryl methyl sites for hydroxylation is 3. The number of carbonyl (C=O) groups excluding carboxylic acids is 6. The summed E-state index contributed by atoms with van der Waals surface area (Å²) in [6.07, 6.45) is 10.6. The second kappa shape index (κ2) is 33.5. The van der Waals surface area contributed by atoms with E-state index in [1.54, 1.807) is 33.1 Å². The molecule has 0 radical (unpaired) electrons. The third-order valence-corrected chi connectivity index (χ3v) is 17.2. The number of carbonyl (C=O) groups is 6. The van der Waals surface area contributed by atoms with Crippen LogP contribution in [-0.4, -0.2) is 112 Å². The third-order valence-electron chi connectivity index (χ3n) is 14.3. The van der Waals surface area contributed by atoms with Crippen molar-refractivity contribution in [3.8, 4) is 11.5 Å². The molecule has 22 nitrogen and oxygen atoms in total. The van der Waals surface area contributed by atoms with E-state index >= 15 is 0 Å². The molecular weight excluding hydrogens is 1260 g/mol. The number of allylic oxidation sites excluding steroid dienone is 3. The van der Waals surface area contributed by atoms with E-state index < -0.39 is 12.2 Å². The van der Waals surface area contributed by atoms with E-state index in [1.165, 1.54) is 34.8 Å². The Morgan fingerprint density at radius 3 is 1.70 bits per heavy atom. The van der Waals surface area contributed by atoms with Crippen LogP contribution < -0.4 is 40.2 Å². The number of nitrogens with zero attached hydrogens (tertiary/aromatic N) is 8. The number of Topliss-reactive ketones (excluding diaryl/α,β-unsaturated/α-hetero) is 2. The zero-order valence-electron chi connectivity index (χ0n) is 49.7. The predicted octanol–water partition coefficient (Wildman–Crippen LogP) is 10.7. The summed E-state index contributed by atoms with van der Waals surface area (Å²) in [6.45, 7) is 14.0. The van der Waals surface area contributed by atoms with Crippen LogP contribution in [0.25, 0.3) is 10.2 Å². The van der Waals surface area contributed by atoms with Gasteiger partial charge < -0.3 is 45.1 Å². The third kappa shape index (κ3) is 18.6. The lowest BCUT2D eigenvalue weighted by Gasteiger charge is -2.30. The number of halogens is 4. The van der Waals surface area contributed by atoms with E-state index in [4.69, 9.17) is 65.4 Å². The van der Waals surface area contributed by atoms with Crippen LogP contribution in [0.4, 0.5) is 15.3 Å². The summed E-state index contributed by atoms with van der Waals surface area (Å²) in [5.41, 5.74) is 5.71. The molecule has 0 fully saturated rings. The maximum Gasteiger partial charge on any atom is 0.407 e. The molecule has 1 unspecified atom stereocenters. The highest BCUT2D eigenvalue weighted by atomic mass is 35.5. The van der Waals surface area contributed by atoms with Crippen LogP contribution in [-0.2, 0) is 58.2 Å². The zero-order valence-corrected chi connectivity index (χ0v) is 53.6. The van der Waals surface area contributed by atoms with Gasteiger partial charge in [-0.2, -0.15) is 4.57 Å².